The van der Waals surface area contributed by atoms with Gasteiger partial charge in [-0.15, -0.1) is 0 Å². The Morgan fingerprint density at radius 3 is 1.96 bits per heavy atom. The van der Waals surface area contributed by atoms with Crippen molar-refractivity contribution in [3.63, 3.8) is 0 Å². The second kappa shape index (κ2) is 8.18. The van der Waals surface area contributed by atoms with Gasteiger partial charge in [-0.05, 0) is 84.0 Å². The van der Waals surface area contributed by atoms with E-state index in [9.17, 15) is 0 Å². The predicted molar refractivity (Wildman–Crippen MR) is 116 cm³/mol. The van der Waals surface area contributed by atoms with Crippen LogP contribution in [0.2, 0.25) is 0 Å². The van der Waals surface area contributed by atoms with Gasteiger partial charge in [0.05, 0.1) is 7.11 Å². The molecule has 0 saturated heterocycles. The number of hydrogen-bond donors (Lipinski definition) is 0. The van der Waals surface area contributed by atoms with Crippen molar-refractivity contribution in [3.8, 4) is 17.2 Å². The van der Waals surface area contributed by atoms with E-state index in [-0.39, 0.29) is 0 Å². The van der Waals surface area contributed by atoms with Crippen molar-refractivity contribution in [2.24, 2.45) is 0 Å². The molecule has 0 fully saturated rings. The first kappa shape index (κ1) is 18.1. The minimum absolute atomic E-state index is 0.850. The summed E-state index contributed by atoms with van der Waals surface area (Å²) in [6.07, 6.45) is 4.46. The molecule has 0 radical (unpaired) electrons. The highest BCUT2D eigenvalue weighted by Gasteiger charge is 2.15. The van der Waals surface area contributed by atoms with Crippen LogP contribution in [0, 0.1) is 0 Å². The molecule has 1 aliphatic carbocycles. The molecule has 0 aliphatic heterocycles. The number of rotatable bonds is 5. The van der Waals surface area contributed by atoms with Gasteiger partial charge in [-0.3, -0.25) is 0 Å². The Labute approximate surface area is 166 Å². The quantitative estimate of drug-likeness (QED) is 0.476. The number of methoxy groups -OCH3 is 1. The standard InChI is InChI=1S/C26H24O2/c1-19-25(20-11-15-22(27-2)16-12-20)9-6-10-26(19)21-13-17-24(18-14-21)28-23-7-4-3-5-8-23/h3-5,7-8,10-18H,6,9H2,1-2H3. The molecule has 0 atom stereocenters. The van der Waals surface area contributed by atoms with Crippen molar-refractivity contribution in [2.45, 2.75) is 19.8 Å². The van der Waals surface area contributed by atoms with Crippen LogP contribution in [0.15, 0.2) is 90.5 Å². The molecule has 0 spiro atoms. The molecule has 0 bridgehead atoms. The second-order valence-electron chi connectivity index (χ2n) is 6.93. The van der Waals surface area contributed by atoms with E-state index in [0.29, 0.717) is 0 Å². The van der Waals surface area contributed by atoms with Crippen LogP contribution in [0.4, 0.5) is 0 Å². The van der Waals surface area contributed by atoms with Crippen molar-refractivity contribution in [1.29, 1.82) is 0 Å². The minimum atomic E-state index is 0.850. The van der Waals surface area contributed by atoms with Crippen molar-refractivity contribution >= 4 is 11.1 Å². The van der Waals surface area contributed by atoms with Gasteiger partial charge in [0, 0.05) is 0 Å². The third-order valence-electron chi connectivity index (χ3n) is 5.18. The Morgan fingerprint density at radius 1 is 0.679 bits per heavy atom. The van der Waals surface area contributed by atoms with Crippen molar-refractivity contribution in [2.75, 3.05) is 7.11 Å². The molecule has 0 heterocycles. The van der Waals surface area contributed by atoms with E-state index in [1.165, 1.54) is 27.8 Å². The fourth-order valence-corrected chi connectivity index (χ4v) is 3.68. The summed E-state index contributed by atoms with van der Waals surface area (Å²) in [5.41, 5.74) is 6.55. The van der Waals surface area contributed by atoms with E-state index in [0.717, 1.165) is 30.1 Å². The van der Waals surface area contributed by atoms with Crippen LogP contribution in [0.3, 0.4) is 0 Å². The first-order valence-corrected chi connectivity index (χ1v) is 9.62. The molecule has 2 nitrogen and oxygen atoms in total. The maximum absolute atomic E-state index is 5.92. The molecule has 0 N–H and O–H groups in total. The number of allylic oxidation sites excluding steroid dienone is 4. The highest BCUT2D eigenvalue weighted by Crippen LogP contribution is 2.38. The van der Waals surface area contributed by atoms with E-state index in [4.69, 9.17) is 9.47 Å². The molecule has 3 aromatic carbocycles. The largest absolute Gasteiger partial charge is 0.497 e. The van der Waals surface area contributed by atoms with Crippen LogP contribution < -0.4 is 9.47 Å². The van der Waals surface area contributed by atoms with Gasteiger partial charge in [-0.25, -0.2) is 0 Å². The van der Waals surface area contributed by atoms with Crippen LogP contribution in [0.25, 0.3) is 11.1 Å². The zero-order valence-electron chi connectivity index (χ0n) is 16.3. The first-order chi connectivity index (χ1) is 13.7. The van der Waals surface area contributed by atoms with Gasteiger partial charge in [0.25, 0.3) is 0 Å². The molecular weight excluding hydrogens is 344 g/mol. The lowest BCUT2D eigenvalue weighted by molar-refractivity contribution is 0.415. The summed E-state index contributed by atoms with van der Waals surface area (Å²) >= 11 is 0. The van der Waals surface area contributed by atoms with E-state index in [2.05, 4.69) is 37.3 Å². The van der Waals surface area contributed by atoms with E-state index in [1.807, 2.05) is 54.6 Å². The monoisotopic (exact) mass is 368 g/mol. The Morgan fingerprint density at radius 2 is 1.29 bits per heavy atom. The van der Waals surface area contributed by atoms with Gasteiger partial charge >= 0.3 is 0 Å². The van der Waals surface area contributed by atoms with Crippen LogP contribution in [-0.2, 0) is 0 Å². The second-order valence-corrected chi connectivity index (χ2v) is 6.93. The number of benzene rings is 3. The molecule has 0 unspecified atom stereocenters. The van der Waals surface area contributed by atoms with Gasteiger partial charge in [0.1, 0.15) is 17.2 Å². The van der Waals surface area contributed by atoms with Gasteiger partial charge in [0.15, 0.2) is 0 Å². The van der Waals surface area contributed by atoms with Crippen LogP contribution >= 0.6 is 0 Å². The minimum Gasteiger partial charge on any atom is -0.497 e. The van der Waals surface area contributed by atoms with Gasteiger partial charge < -0.3 is 9.47 Å². The molecule has 0 aromatic heterocycles. The molecule has 3 aromatic rings. The maximum atomic E-state index is 5.92. The molecule has 0 saturated carbocycles. The van der Waals surface area contributed by atoms with Gasteiger partial charge in [-0.2, -0.15) is 0 Å². The Bertz CT molecular complexity index is 995. The summed E-state index contributed by atoms with van der Waals surface area (Å²) in [6, 6.07) is 26.6. The molecule has 28 heavy (non-hydrogen) atoms. The predicted octanol–water partition coefficient (Wildman–Crippen LogP) is 7.14. The Balaban J connectivity index is 1.57. The summed E-state index contributed by atoms with van der Waals surface area (Å²) in [4.78, 5) is 0. The summed E-state index contributed by atoms with van der Waals surface area (Å²) in [6.45, 7) is 2.22. The van der Waals surface area contributed by atoms with Crippen molar-refractivity contribution < 1.29 is 9.47 Å². The first-order valence-electron chi connectivity index (χ1n) is 9.62. The number of hydrogen-bond acceptors (Lipinski definition) is 2. The average Bonchev–Trinajstić information content (AvgIpc) is 2.75. The van der Waals surface area contributed by atoms with Gasteiger partial charge in [-0.1, -0.05) is 48.5 Å². The highest BCUT2D eigenvalue weighted by molar-refractivity contribution is 5.90. The fraction of sp³-hybridized carbons (Fsp3) is 0.154. The molecule has 4 rings (SSSR count). The van der Waals surface area contributed by atoms with Crippen molar-refractivity contribution in [3.05, 3.63) is 102 Å². The smallest absolute Gasteiger partial charge is 0.127 e. The van der Waals surface area contributed by atoms with Gasteiger partial charge in [0.2, 0.25) is 0 Å². The summed E-state index contributed by atoms with van der Waals surface area (Å²) in [5.74, 6) is 2.59. The fourth-order valence-electron chi connectivity index (χ4n) is 3.68. The molecule has 2 heteroatoms. The summed E-state index contributed by atoms with van der Waals surface area (Å²) in [7, 11) is 1.70. The SMILES string of the molecule is COc1ccc(C2=C(C)C(c3ccc(Oc4ccccc4)cc3)=CCC2)cc1. The summed E-state index contributed by atoms with van der Waals surface area (Å²) < 4.78 is 11.2. The van der Waals surface area contributed by atoms with E-state index in [1.54, 1.807) is 7.11 Å². The molecular formula is C26H24O2. The summed E-state index contributed by atoms with van der Waals surface area (Å²) in [5, 5.41) is 0. The third-order valence-corrected chi connectivity index (χ3v) is 5.18. The van der Waals surface area contributed by atoms with E-state index < -0.39 is 0 Å². The number of ether oxygens (including phenoxy) is 2. The number of para-hydroxylation sites is 1. The van der Waals surface area contributed by atoms with Crippen molar-refractivity contribution in [1.82, 2.24) is 0 Å². The molecule has 1 aliphatic rings. The lowest BCUT2D eigenvalue weighted by atomic mass is 9.85. The third kappa shape index (κ3) is 3.86. The zero-order valence-corrected chi connectivity index (χ0v) is 16.3. The normalized spacial score (nSPS) is 13.9. The van der Waals surface area contributed by atoms with Crippen LogP contribution in [0.1, 0.15) is 30.9 Å². The Kier molecular flexibility index (Phi) is 5.29. The lowest BCUT2D eigenvalue weighted by Crippen LogP contribution is -1.99. The Hall–Kier alpha value is -3.26. The van der Waals surface area contributed by atoms with Crippen LogP contribution in [-0.4, -0.2) is 7.11 Å². The van der Waals surface area contributed by atoms with Crippen LogP contribution in [0.5, 0.6) is 17.2 Å². The lowest BCUT2D eigenvalue weighted by Gasteiger charge is -2.21. The zero-order chi connectivity index (χ0) is 19.3. The average molecular weight is 368 g/mol. The highest BCUT2D eigenvalue weighted by atomic mass is 16.5. The maximum Gasteiger partial charge on any atom is 0.127 e. The topological polar surface area (TPSA) is 18.5 Å². The molecule has 0 amide bonds. The van der Waals surface area contributed by atoms with E-state index >= 15 is 0 Å². The molecule has 140 valence electrons.